The molecule has 0 aliphatic rings. The standard InChI is InChI=1S/C10H14N4O2/c1-7(2)6-16-10(15)13-9-8(4-11)5-12-14(9)3/h5,7H,6H2,1-3H3,(H,13,15). The molecule has 1 rings (SSSR count). The first-order valence-corrected chi connectivity index (χ1v) is 4.90. The van der Waals surface area contributed by atoms with E-state index in [9.17, 15) is 4.79 Å². The molecular weight excluding hydrogens is 208 g/mol. The summed E-state index contributed by atoms with van der Waals surface area (Å²) in [7, 11) is 1.64. The Hall–Kier alpha value is -2.03. The van der Waals surface area contributed by atoms with Crippen LogP contribution in [0.3, 0.4) is 0 Å². The normalized spacial score (nSPS) is 9.94. The Morgan fingerprint density at radius 3 is 3.00 bits per heavy atom. The molecule has 1 aromatic rings. The van der Waals surface area contributed by atoms with Crippen LogP contribution in [0.4, 0.5) is 10.6 Å². The van der Waals surface area contributed by atoms with Gasteiger partial charge in [-0.05, 0) is 5.92 Å². The molecule has 0 aromatic carbocycles. The fourth-order valence-electron chi connectivity index (χ4n) is 1.04. The highest BCUT2D eigenvalue weighted by molar-refractivity contribution is 5.85. The van der Waals surface area contributed by atoms with E-state index >= 15 is 0 Å². The van der Waals surface area contributed by atoms with Gasteiger partial charge in [-0.1, -0.05) is 13.8 Å². The average molecular weight is 222 g/mol. The zero-order chi connectivity index (χ0) is 12.1. The molecule has 1 heterocycles. The summed E-state index contributed by atoms with van der Waals surface area (Å²) < 4.78 is 6.34. The van der Waals surface area contributed by atoms with Crippen molar-refractivity contribution in [2.45, 2.75) is 13.8 Å². The molecular formula is C10H14N4O2. The second kappa shape index (κ2) is 5.16. The molecule has 0 radical (unpaired) electrons. The Bertz CT molecular complexity index is 417. The maximum atomic E-state index is 11.4. The van der Waals surface area contributed by atoms with Gasteiger partial charge in [-0.25, -0.2) is 4.79 Å². The summed E-state index contributed by atoms with van der Waals surface area (Å²) in [6.07, 6.45) is 0.812. The molecule has 0 atom stereocenters. The van der Waals surface area contributed by atoms with Crippen molar-refractivity contribution in [1.82, 2.24) is 9.78 Å². The number of aryl methyl sites for hydroxylation is 1. The Labute approximate surface area is 93.8 Å². The summed E-state index contributed by atoms with van der Waals surface area (Å²) in [6, 6.07) is 1.93. The van der Waals surface area contributed by atoms with E-state index in [1.807, 2.05) is 19.9 Å². The number of carbonyl (C=O) groups is 1. The van der Waals surface area contributed by atoms with Gasteiger partial charge >= 0.3 is 6.09 Å². The van der Waals surface area contributed by atoms with Gasteiger partial charge in [0, 0.05) is 7.05 Å². The number of hydrogen-bond donors (Lipinski definition) is 1. The van der Waals surface area contributed by atoms with Crippen molar-refractivity contribution in [2.75, 3.05) is 11.9 Å². The summed E-state index contributed by atoms with van der Waals surface area (Å²) in [5, 5.41) is 15.1. The number of carbonyl (C=O) groups excluding carboxylic acids is 1. The van der Waals surface area contributed by atoms with Gasteiger partial charge in [0.15, 0.2) is 5.82 Å². The summed E-state index contributed by atoms with van der Waals surface area (Å²) in [5.74, 6) is 0.615. The molecule has 0 bridgehead atoms. The van der Waals surface area contributed by atoms with Crippen LogP contribution in [0.1, 0.15) is 19.4 Å². The van der Waals surface area contributed by atoms with Crippen molar-refractivity contribution in [3.05, 3.63) is 11.8 Å². The van der Waals surface area contributed by atoms with Crippen LogP contribution in [0.5, 0.6) is 0 Å². The zero-order valence-electron chi connectivity index (χ0n) is 9.52. The van der Waals surface area contributed by atoms with E-state index in [2.05, 4.69) is 10.4 Å². The van der Waals surface area contributed by atoms with E-state index in [0.717, 1.165) is 0 Å². The molecule has 0 aliphatic heterocycles. The number of nitrogens with zero attached hydrogens (tertiary/aromatic N) is 3. The predicted molar refractivity (Wildman–Crippen MR) is 57.7 cm³/mol. The quantitative estimate of drug-likeness (QED) is 0.840. The van der Waals surface area contributed by atoms with Crippen molar-refractivity contribution in [3.63, 3.8) is 0 Å². The molecule has 16 heavy (non-hydrogen) atoms. The van der Waals surface area contributed by atoms with Gasteiger partial charge in [0.2, 0.25) is 0 Å². The second-order valence-electron chi connectivity index (χ2n) is 3.76. The van der Waals surface area contributed by atoms with Crippen molar-refractivity contribution >= 4 is 11.9 Å². The van der Waals surface area contributed by atoms with Gasteiger partial charge in [0.1, 0.15) is 11.6 Å². The minimum Gasteiger partial charge on any atom is -0.449 e. The summed E-state index contributed by atoms with van der Waals surface area (Å²) >= 11 is 0. The molecule has 0 aliphatic carbocycles. The third kappa shape index (κ3) is 2.98. The number of aromatic nitrogens is 2. The molecule has 0 spiro atoms. The lowest BCUT2D eigenvalue weighted by atomic mass is 10.2. The van der Waals surface area contributed by atoms with Crippen LogP contribution in [-0.2, 0) is 11.8 Å². The maximum absolute atomic E-state index is 11.4. The van der Waals surface area contributed by atoms with Gasteiger partial charge in [-0.15, -0.1) is 0 Å². The minimum atomic E-state index is -0.575. The number of rotatable bonds is 3. The zero-order valence-corrected chi connectivity index (χ0v) is 9.52. The fraction of sp³-hybridized carbons (Fsp3) is 0.500. The third-order valence-corrected chi connectivity index (χ3v) is 1.83. The first-order valence-electron chi connectivity index (χ1n) is 4.90. The molecule has 1 amide bonds. The third-order valence-electron chi connectivity index (χ3n) is 1.83. The lowest BCUT2D eigenvalue weighted by Crippen LogP contribution is -2.18. The number of ether oxygens (including phenoxy) is 1. The molecule has 6 heteroatoms. The molecule has 0 saturated heterocycles. The van der Waals surface area contributed by atoms with Crippen LogP contribution in [0.2, 0.25) is 0 Å². The second-order valence-corrected chi connectivity index (χ2v) is 3.76. The van der Waals surface area contributed by atoms with Gasteiger partial charge < -0.3 is 4.74 Å². The van der Waals surface area contributed by atoms with Crippen LogP contribution in [0.25, 0.3) is 0 Å². The van der Waals surface area contributed by atoms with Crippen LogP contribution in [0, 0.1) is 17.2 Å². The number of anilines is 1. The largest absolute Gasteiger partial charge is 0.449 e. The Balaban J connectivity index is 2.63. The summed E-state index contributed by atoms with van der Waals surface area (Å²) in [6.45, 7) is 4.22. The lowest BCUT2D eigenvalue weighted by Gasteiger charge is -2.08. The molecule has 6 nitrogen and oxygen atoms in total. The highest BCUT2D eigenvalue weighted by Crippen LogP contribution is 2.12. The lowest BCUT2D eigenvalue weighted by molar-refractivity contribution is 0.147. The molecule has 86 valence electrons. The predicted octanol–water partition coefficient (Wildman–Crippen LogP) is 1.50. The average Bonchev–Trinajstić information content (AvgIpc) is 2.57. The Kier molecular flexibility index (Phi) is 3.89. The monoisotopic (exact) mass is 222 g/mol. The highest BCUT2D eigenvalue weighted by Gasteiger charge is 2.12. The van der Waals surface area contributed by atoms with Gasteiger partial charge in [0.25, 0.3) is 0 Å². The van der Waals surface area contributed by atoms with E-state index in [0.29, 0.717) is 18.0 Å². The number of nitrogens with one attached hydrogen (secondary N) is 1. The first-order chi connectivity index (χ1) is 7.54. The van der Waals surface area contributed by atoms with E-state index in [1.54, 1.807) is 7.05 Å². The van der Waals surface area contributed by atoms with Gasteiger partial charge in [-0.3, -0.25) is 10.00 Å². The van der Waals surface area contributed by atoms with Crippen molar-refractivity contribution in [1.29, 1.82) is 5.26 Å². The summed E-state index contributed by atoms with van der Waals surface area (Å²) in [5.41, 5.74) is 0.309. The van der Waals surface area contributed by atoms with Crippen LogP contribution < -0.4 is 5.32 Å². The number of hydrogen-bond acceptors (Lipinski definition) is 4. The van der Waals surface area contributed by atoms with Crippen molar-refractivity contribution in [2.24, 2.45) is 13.0 Å². The van der Waals surface area contributed by atoms with E-state index < -0.39 is 6.09 Å². The number of nitriles is 1. The summed E-state index contributed by atoms with van der Waals surface area (Å²) in [4.78, 5) is 11.4. The molecule has 1 aromatic heterocycles. The molecule has 0 unspecified atom stereocenters. The van der Waals surface area contributed by atoms with Crippen LogP contribution in [0.15, 0.2) is 6.20 Å². The van der Waals surface area contributed by atoms with Gasteiger partial charge in [-0.2, -0.15) is 10.4 Å². The van der Waals surface area contributed by atoms with Crippen molar-refractivity contribution in [3.8, 4) is 6.07 Å². The molecule has 0 saturated carbocycles. The molecule has 0 fully saturated rings. The number of amides is 1. The molecule has 1 N–H and O–H groups in total. The maximum Gasteiger partial charge on any atom is 0.412 e. The Morgan fingerprint density at radius 1 is 1.75 bits per heavy atom. The smallest absolute Gasteiger partial charge is 0.412 e. The first kappa shape index (κ1) is 12.0. The Morgan fingerprint density at radius 2 is 2.44 bits per heavy atom. The van der Waals surface area contributed by atoms with E-state index in [4.69, 9.17) is 10.00 Å². The van der Waals surface area contributed by atoms with Crippen molar-refractivity contribution < 1.29 is 9.53 Å². The van der Waals surface area contributed by atoms with E-state index in [-0.39, 0.29) is 5.92 Å². The van der Waals surface area contributed by atoms with Crippen LogP contribution >= 0.6 is 0 Å². The van der Waals surface area contributed by atoms with Crippen LogP contribution in [-0.4, -0.2) is 22.5 Å². The topological polar surface area (TPSA) is 79.9 Å². The minimum absolute atomic E-state index is 0.271. The van der Waals surface area contributed by atoms with E-state index in [1.165, 1.54) is 10.9 Å². The van der Waals surface area contributed by atoms with Gasteiger partial charge in [0.05, 0.1) is 12.8 Å². The SMILES string of the molecule is CC(C)COC(=O)Nc1c(C#N)cnn1C. The fourth-order valence-corrected chi connectivity index (χ4v) is 1.04. The highest BCUT2D eigenvalue weighted by atomic mass is 16.5.